The Hall–Kier alpha value is -1.49. The predicted octanol–water partition coefficient (Wildman–Crippen LogP) is 1.87. The molecule has 0 bridgehead atoms. The number of hydrogen-bond donors (Lipinski definition) is 1. The van der Waals surface area contributed by atoms with E-state index in [4.69, 9.17) is 0 Å². The number of rotatable bonds is 3. The Bertz CT molecular complexity index is 404. The molecule has 5 heteroatoms. The Morgan fingerprint density at radius 3 is 2.62 bits per heavy atom. The number of ether oxygens (including phenoxy) is 1. The average Bonchev–Trinajstić information content (AvgIpc) is 2.23. The molecule has 1 aromatic carbocycles. The van der Waals surface area contributed by atoms with Gasteiger partial charge in [-0.3, -0.25) is 0 Å². The van der Waals surface area contributed by atoms with Crippen LogP contribution in [0.1, 0.15) is 24.2 Å². The third kappa shape index (κ3) is 2.55. The molecular weight excluding hydrogens is 218 g/mol. The summed E-state index contributed by atoms with van der Waals surface area (Å²) in [5.74, 6) is -2.51. The van der Waals surface area contributed by atoms with Crippen LogP contribution in [0.25, 0.3) is 0 Å². The van der Waals surface area contributed by atoms with Crippen molar-refractivity contribution in [2.45, 2.75) is 20.0 Å². The molecule has 0 amide bonds. The van der Waals surface area contributed by atoms with E-state index in [0.717, 1.165) is 12.1 Å². The normalized spacial score (nSPS) is 12.3. The van der Waals surface area contributed by atoms with Crippen LogP contribution in [0.2, 0.25) is 0 Å². The van der Waals surface area contributed by atoms with Gasteiger partial charge in [-0.2, -0.15) is 0 Å². The molecule has 1 aromatic rings. The van der Waals surface area contributed by atoms with E-state index in [2.05, 4.69) is 4.74 Å². The van der Waals surface area contributed by atoms with Gasteiger partial charge in [0, 0.05) is 5.56 Å². The summed E-state index contributed by atoms with van der Waals surface area (Å²) in [7, 11) is 0. The lowest BCUT2D eigenvalue weighted by molar-refractivity contribution is -0.153. The van der Waals surface area contributed by atoms with Crippen molar-refractivity contribution in [1.82, 2.24) is 0 Å². The molecule has 0 radical (unpaired) electrons. The fourth-order valence-corrected chi connectivity index (χ4v) is 1.22. The molecule has 0 saturated carbocycles. The number of aryl methyl sites for hydroxylation is 1. The number of carbonyl (C=O) groups is 1. The molecule has 0 saturated heterocycles. The van der Waals surface area contributed by atoms with Gasteiger partial charge in [-0.15, -0.1) is 0 Å². The Balaban J connectivity index is 3.04. The SMILES string of the molecule is CCOC(=O)C(O)c1cc(F)c(C)cc1F. The van der Waals surface area contributed by atoms with Gasteiger partial charge < -0.3 is 9.84 Å². The van der Waals surface area contributed by atoms with Crippen molar-refractivity contribution in [1.29, 1.82) is 0 Å². The van der Waals surface area contributed by atoms with E-state index in [1.54, 1.807) is 6.92 Å². The van der Waals surface area contributed by atoms with Crippen molar-refractivity contribution in [2.75, 3.05) is 6.61 Å². The molecular formula is C11H12F2O3. The summed E-state index contributed by atoms with van der Waals surface area (Å²) in [6.07, 6.45) is -1.80. The van der Waals surface area contributed by atoms with E-state index < -0.39 is 29.3 Å². The number of benzene rings is 1. The zero-order valence-electron chi connectivity index (χ0n) is 8.96. The second-order valence-electron chi connectivity index (χ2n) is 3.28. The molecule has 1 atom stereocenters. The highest BCUT2D eigenvalue weighted by molar-refractivity contribution is 5.76. The highest BCUT2D eigenvalue weighted by atomic mass is 19.1. The van der Waals surface area contributed by atoms with Crippen molar-refractivity contribution < 1.29 is 23.4 Å². The molecule has 0 aliphatic heterocycles. The highest BCUT2D eigenvalue weighted by Gasteiger charge is 2.23. The molecule has 1 N–H and O–H groups in total. The summed E-state index contributed by atoms with van der Waals surface area (Å²) in [4.78, 5) is 11.1. The van der Waals surface area contributed by atoms with Crippen molar-refractivity contribution >= 4 is 5.97 Å². The summed E-state index contributed by atoms with van der Waals surface area (Å²) >= 11 is 0. The molecule has 0 aromatic heterocycles. The number of carbonyl (C=O) groups excluding carboxylic acids is 1. The predicted molar refractivity (Wildman–Crippen MR) is 52.7 cm³/mol. The molecule has 0 spiro atoms. The van der Waals surface area contributed by atoms with Gasteiger partial charge in [0.25, 0.3) is 0 Å². The molecule has 0 aliphatic rings. The minimum atomic E-state index is -1.80. The van der Waals surface area contributed by atoms with Gasteiger partial charge in [0.2, 0.25) is 0 Å². The largest absolute Gasteiger partial charge is 0.464 e. The molecule has 0 heterocycles. The first kappa shape index (κ1) is 12.6. The standard InChI is InChI=1S/C11H12F2O3/c1-3-16-11(15)10(14)7-5-8(12)6(2)4-9(7)13/h4-5,10,14H,3H2,1-2H3. The van der Waals surface area contributed by atoms with E-state index in [9.17, 15) is 18.7 Å². The van der Waals surface area contributed by atoms with Crippen LogP contribution in [0.4, 0.5) is 8.78 Å². The zero-order valence-corrected chi connectivity index (χ0v) is 8.96. The first-order chi connectivity index (χ1) is 7.47. The van der Waals surface area contributed by atoms with Crippen molar-refractivity contribution in [3.05, 3.63) is 34.9 Å². The summed E-state index contributed by atoms with van der Waals surface area (Å²) in [5.41, 5.74) is -0.307. The minimum Gasteiger partial charge on any atom is -0.464 e. The van der Waals surface area contributed by atoms with Crippen molar-refractivity contribution in [2.24, 2.45) is 0 Å². The van der Waals surface area contributed by atoms with Crippen LogP contribution < -0.4 is 0 Å². The minimum absolute atomic E-state index is 0.0614. The molecule has 0 fully saturated rings. The summed E-state index contributed by atoms with van der Waals surface area (Å²) in [6.45, 7) is 3.00. The second kappa shape index (κ2) is 5.03. The van der Waals surface area contributed by atoms with Crippen LogP contribution in [0.3, 0.4) is 0 Å². The van der Waals surface area contributed by atoms with Crippen LogP contribution in [0.5, 0.6) is 0 Å². The van der Waals surface area contributed by atoms with Crippen molar-refractivity contribution in [3.63, 3.8) is 0 Å². The summed E-state index contributed by atoms with van der Waals surface area (Å²) in [5, 5.41) is 9.44. The van der Waals surface area contributed by atoms with Gasteiger partial charge in [-0.1, -0.05) is 0 Å². The monoisotopic (exact) mass is 230 g/mol. The van der Waals surface area contributed by atoms with Crippen LogP contribution in [0, 0.1) is 18.6 Å². The van der Waals surface area contributed by atoms with Gasteiger partial charge in [0.15, 0.2) is 6.10 Å². The van der Waals surface area contributed by atoms with Gasteiger partial charge in [-0.25, -0.2) is 13.6 Å². The van der Waals surface area contributed by atoms with Crippen molar-refractivity contribution in [3.8, 4) is 0 Å². The first-order valence-electron chi connectivity index (χ1n) is 4.77. The van der Waals surface area contributed by atoms with E-state index in [1.807, 2.05) is 0 Å². The molecule has 1 unspecified atom stereocenters. The van der Waals surface area contributed by atoms with Crippen LogP contribution >= 0.6 is 0 Å². The fraction of sp³-hybridized carbons (Fsp3) is 0.364. The Kier molecular flexibility index (Phi) is 3.95. The maximum Gasteiger partial charge on any atom is 0.339 e. The summed E-state index contributed by atoms with van der Waals surface area (Å²) < 4.78 is 31.0. The van der Waals surface area contributed by atoms with Crippen LogP contribution in [0.15, 0.2) is 12.1 Å². The first-order valence-corrected chi connectivity index (χ1v) is 4.77. The molecule has 3 nitrogen and oxygen atoms in total. The van der Waals surface area contributed by atoms with Crippen LogP contribution in [-0.4, -0.2) is 17.7 Å². The molecule has 1 rings (SSSR count). The molecule has 88 valence electrons. The van der Waals surface area contributed by atoms with Gasteiger partial charge in [-0.05, 0) is 31.5 Å². The lowest BCUT2D eigenvalue weighted by atomic mass is 10.1. The lowest BCUT2D eigenvalue weighted by Crippen LogP contribution is -2.17. The molecule has 0 aliphatic carbocycles. The fourth-order valence-electron chi connectivity index (χ4n) is 1.22. The smallest absolute Gasteiger partial charge is 0.339 e. The van der Waals surface area contributed by atoms with E-state index in [-0.39, 0.29) is 12.2 Å². The van der Waals surface area contributed by atoms with E-state index in [0.29, 0.717) is 0 Å². The Labute approximate surface area is 91.7 Å². The zero-order chi connectivity index (χ0) is 12.3. The van der Waals surface area contributed by atoms with E-state index in [1.165, 1.54) is 6.92 Å². The van der Waals surface area contributed by atoms with Gasteiger partial charge >= 0.3 is 5.97 Å². The average molecular weight is 230 g/mol. The maximum atomic E-state index is 13.3. The third-order valence-corrected chi connectivity index (χ3v) is 2.08. The number of aliphatic hydroxyl groups is 1. The van der Waals surface area contributed by atoms with E-state index >= 15 is 0 Å². The topological polar surface area (TPSA) is 46.5 Å². The second-order valence-corrected chi connectivity index (χ2v) is 3.28. The Morgan fingerprint density at radius 2 is 2.06 bits per heavy atom. The Morgan fingerprint density at radius 1 is 1.44 bits per heavy atom. The number of esters is 1. The molecule has 16 heavy (non-hydrogen) atoms. The maximum absolute atomic E-state index is 13.3. The number of aliphatic hydroxyl groups excluding tert-OH is 1. The number of hydrogen-bond acceptors (Lipinski definition) is 3. The van der Waals surface area contributed by atoms with Crippen LogP contribution in [-0.2, 0) is 9.53 Å². The third-order valence-electron chi connectivity index (χ3n) is 2.08. The quantitative estimate of drug-likeness (QED) is 0.806. The van der Waals surface area contributed by atoms with Gasteiger partial charge in [0.1, 0.15) is 11.6 Å². The lowest BCUT2D eigenvalue weighted by Gasteiger charge is -2.11. The highest BCUT2D eigenvalue weighted by Crippen LogP contribution is 2.21. The number of halogens is 2. The van der Waals surface area contributed by atoms with Gasteiger partial charge in [0.05, 0.1) is 6.61 Å². The summed E-state index contributed by atoms with van der Waals surface area (Å²) in [6, 6.07) is 1.72.